The number of anilines is 1. The van der Waals surface area contributed by atoms with Crippen LogP contribution >= 0.6 is 11.6 Å². The Balaban J connectivity index is 1.40. The van der Waals surface area contributed by atoms with Gasteiger partial charge in [0.25, 0.3) is 5.91 Å². The van der Waals surface area contributed by atoms with Crippen molar-refractivity contribution in [2.75, 3.05) is 24.6 Å². The van der Waals surface area contributed by atoms with Gasteiger partial charge >= 0.3 is 0 Å². The van der Waals surface area contributed by atoms with E-state index >= 15 is 0 Å². The number of aryl methyl sites for hydroxylation is 1. The van der Waals surface area contributed by atoms with Crippen LogP contribution in [0.15, 0.2) is 48.6 Å². The standard InChI is InChI=1S/C31H37ClN2O4S/c1-20-5-2-3-7-28(35)25-11-8-23(25)17-34-18-31(14-4-6-21-15-24(32)10-12-26(21)31)19-38-29-13-9-22(16-27(29)34)30(36)33-39(20)37/h2-3,9-10,12-13,15-16,20,23,25,28,35H,4-8,11,14,17-19H2,1H3,(H,33,36)/b3-2-. The van der Waals surface area contributed by atoms with E-state index in [4.69, 9.17) is 16.3 Å². The fourth-order valence-corrected chi connectivity index (χ4v) is 7.89. The van der Waals surface area contributed by atoms with Crippen molar-refractivity contribution in [3.05, 3.63) is 70.3 Å². The molecule has 8 heteroatoms. The lowest BCUT2D eigenvalue weighted by molar-refractivity contribution is 0.0177. The minimum atomic E-state index is -1.52. The number of aliphatic hydroxyl groups excluding tert-OH is 1. The zero-order valence-corrected chi connectivity index (χ0v) is 24.0. The van der Waals surface area contributed by atoms with Crippen molar-refractivity contribution in [1.29, 1.82) is 0 Å². The number of nitrogens with one attached hydrogen (secondary N) is 1. The Morgan fingerprint density at radius 3 is 2.82 bits per heavy atom. The molecule has 2 aromatic carbocycles. The summed E-state index contributed by atoms with van der Waals surface area (Å²) in [6.45, 7) is 3.98. The number of aliphatic hydroxyl groups is 1. The van der Waals surface area contributed by atoms with Gasteiger partial charge in [-0.3, -0.25) is 9.52 Å². The molecule has 39 heavy (non-hydrogen) atoms. The number of hydrogen-bond acceptors (Lipinski definition) is 5. The maximum Gasteiger partial charge on any atom is 0.263 e. The number of hydrogen-bond donors (Lipinski definition) is 2. The third-order valence-electron chi connectivity index (χ3n) is 9.30. The molecule has 208 valence electrons. The zero-order valence-electron chi connectivity index (χ0n) is 22.4. The largest absolute Gasteiger partial charge is 0.490 e. The van der Waals surface area contributed by atoms with Gasteiger partial charge in [0, 0.05) is 29.1 Å². The van der Waals surface area contributed by atoms with Crippen molar-refractivity contribution in [3.63, 3.8) is 0 Å². The molecular formula is C31H37ClN2O4S. The molecule has 2 N–H and O–H groups in total. The minimum Gasteiger partial charge on any atom is -0.490 e. The third kappa shape index (κ3) is 5.25. The van der Waals surface area contributed by atoms with Gasteiger partial charge in [0.05, 0.1) is 23.6 Å². The van der Waals surface area contributed by atoms with Crippen LogP contribution in [-0.2, 0) is 22.8 Å². The average Bonchev–Trinajstić information content (AvgIpc) is 3.05. The van der Waals surface area contributed by atoms with Gasteiger partial charge in [0.1, 0.15) is 16.7 Å². The smallest absolute Gasteiger partial charge is 0.263 e. The van der Waals surface area contributed by atoms with Crippen LogP contribution in [0.2, 0.25) is 5.02 Å². The van der Waals surface area contributed by atoms with Crippen LogP contribution in [0.25, 0.3) is 0 Å². The van der Waals surface area contributed by atoms with E-state index in [9.17, 15) is 14.1 Å². The van der Waals surface area contributed by atoms with Gasteiger partial charge in [0.2, 0.25) is 0 Å². The number of carbonyl (C=O) groups is 1. The quantitative estimate of drug-likeness (QED) is 0.420. The molecule has 1 fully saturated rings. The third-order valence-corrected chi connectivity index (χ3v) is 10.8. The Kier molecular flexibility index (Phi) is 7.51. The number of ether oxygens (including phenoxy) is 1. The first-order valence-electron chi connectivity index (χ1n) is 14.2. The average molecular weight is 569 g/mol. The number of nitrogens with zero attached hydrogens (tertiary/aromatic N) is 1. The van der Waals surface area contributed by atoms with Crippen molar-refractivity contribution in [2.24, 2.45) is 11.8 Å². The first kappa shape index (κ1) is 26.9. The summed E-state index contributed by atoms with van der Waals surface area (Å²) >= 11 is 6.38. The van der Waals surface area contributed by atoms with Crippen molar-refractivity contribution in [2.45, 2.75) is 68.6 Å². The summed E-state index contributed by atoms with van der Waals surface area (Å²) in [5.74, 6) is 1.02. The van der Waals surface area contributed by atoms with Gasteiger partial charge in [-0.05, 0) is 105 Å². The number of rotatable bonds is 0. The molecule has 6 nitrogen and oxygen atoms in total. The van der Waals surface area contributed by atoms with Crippen molar-refractivity contribution in [1.82, 2.24) is 4.72 Å². The molecule has 6 rings (SSSR count). The molecule has 6 unspecified atom stereocenters. The number of fused-ring (bicyclic) bond motifs is 4. The van der Waals surface area contributed by atoms with Gasteiger partial charge in [-0.25, -0.2) is 4.21 Å². The number of carbonyl (C=O) groups excluding carboxylic acids is 1. The summed E-state index contributed by atoms with van der Waals surface area (Å²) in [4.78, 5) is 15.6. The van der Waals surface area contributed by atoms with Gasteiger partial charge < -0.3 is 14.7 Å². The Bertz CT molecular complexity index is 1320. The highest BCUT2D eigenvalue weighted by Crippen LogP contribution is 2.46. The second-order valence-electron chi connectivity index (χ2n) is 11.8. The van der Waals surface area contributed by atoms with Gasteiger partial charge in [-0.1, -0.05) is 29.8 Å². The lowest BCUT2D eigenvalue weighted by atomic mass is 9.68. The molecular weight excluding hydrogens is 532 g/mol. The van der Waals surface area contributed by atoms with Gasteiger partial charge in [-0.2, -0.15) is 0 Å². The molecule has 2 aliphatic heterocycles. The summed E-state index contributed by atoms with van der Waals surface area (Å²) in [7, 11) is -1.52. The van der Waals surface area contributed by atoms with E-state index in [1.165, 1.54) is 11.1 Å². The number of halogens is 1. The molecule has 2 aliphatic carbocycles. The molecule has 2 bridgehead atoms. The van der Waals surface area contributed by atoms with Crippen LogP contribution < -0.4 is 14.4 Å². The van der Waals surface area contributed by atoms with E-state index in [-0.39, 0.29) is 22.5 Å². The van der Waals surface area contributed by atoms with E-state index in [1.54, 1.807) is 6.07 Å². The second-order valence-corrected chi connectivity index (χ2v) is 13.9. The van der Waals surface area contributed by atoms with E-state index in [0.29, 0.717) is 30.9 Å². The van der Waals surface area contributed by atoms with Gasteiger partial charge in [-0.15, -0.1) is 0 Å². The maximum atomic E-state index is 13.2. The number of amides is 1. The highest BCUT2D eigenvalue weighted by atomic mass is 35.5. The molecule has 1 spiro atoms. The molecule has 0 radical (unpaired) electrons. The lowest BCUT2D eigenvalue weighted by Crippen LogP contribution is -2.49. The number of allylic oxidation sites excluding steroid dienone is 1. The molecule has 1 saturated carbocycles. The Hall–Kier alpha value is -2.35. The fraction of sp³-hybridized carbons (Fsp3) is 0.516. The highest BCUT2D eigenvalue weighted by molar-refractivity contribution is 7.84. The Labute approximate surface area is 238 Å². The van der Waals surface area contributed by atoms with Crippen LogP contribution in [0.4, 0.5) is 5.69 Å². The molecule has 2 heterocycles. The van der Waals surface area contributed by atoms with Crippen LogP contribution in [0.1, 0.15) is 66.9 Å². The van der Waals surface area contributed by atoms with E-state index in [1.807, 2.05) is 37.3 Å². The first-order valence-corrected chi connectivity index (χ1v) is 15.8. The van der Waals surface area contributed by atoms with Crippen molar-refractivity contribution >= 4 is 34.2 Å². The van der Waals surface area contributed by atoms with Crippen LogP contribution in [-0.4, -0.2) is 46.3 Å². The summed E-state index contributed by atoms with van der Waals surface area (Å²) in [5.41, 5.74) is 3.76. The molecule has 4 aliphatic rings. The minimum absolute atomic E-state index is 0.196. The summed E-state index contributed by atoms with van der Waals surface area (Å²) in [6.07, 6.45) is 9.94. The lowest BCUT2D eigenvalue weighted by Gasteiger charge is -2.45. The zero-order chi connectivity index (χ0) is 27.1. The van der Waals surface area contributed by atoms with Crippen LogP contribution in [0, 0.1) is 11.8 Å². The SMILES string of the molecule is CC1C/C=C\CC(O)C2CCC2CN2CC3(CCCc4cc(Cl)ccc43)COc3ccc(cc32)C(=O)NS1=O. The number of benzene rings is 2. The van der Waals surface area contributed by atoms with Gasteiger partial charge in [0.15, 0.2) is 0 Å². The van der Waals surface area contributed by atoms with Crippen molar-refractivity contribution in [3.8, 4) is 5.75 Å². The first-order chi connectivity index (χ1) is 18.8. The maximum absolute atomic E-state index is 13.2. The normalized spacial score (nSPS) is 33.6. The topological polar surface area (TPSA) is 78.9 Å². The Morgan fingerprint density at radius 2 is 2.00 bits per heavy atom. The predicted octanol–water partition coefficient (Wildman–Crippen LogP) is 5.33. The Morgan fingerprint density at radius 1 is 1.15 bits per heavy atom. The van der Waals surface area contributed by atoms with E-state index < -0.39 is 17.1 Å². The highest BCUT2D eigenvalue weighted by Gasteiger charge is 2.44. The van der Waals surface area contributed by atoms with E-state index in [0.717, 1.165) is 61.7 Å². The summed E-state index contributed by atoms with van der Waals surface area (Å²) in [5, 5.41) is 11.6. The monoisotopic (exact) mass is 568 g/mol. The van der Waals surface area contributed by atoms with E-state index in [2.05, 4.69) is 21.8 Å². The molecule has 6 atom stereocenters. The second kappa shape index (κ2) is 10.9. The molecule has 1 amide bonds. The molecule has 2 aromatic rings. The summed E-state index contributed by atoms with van der Waals surface area (Å²) in [6, 6.07) is 11.8. The predicted molar refractivity (Wildman–Crippen MR) is 156 cm³/mol. The fourth-order valence-electron chi connectivity index (χ4n) is 6.90. The van der Waals surface area contributed by atoms with Crippen LogP contribution in [0.3, 0.4) is 0 Å². The summed E-state index contributed by atoms with van der Waals surface area (Å²) < 4.78 is 22.1. The molecule has 0 aromatic heterocycles. The van der Waals surface area contributed by atoms with Crippen molar-refractivity contribution < 1.29 is 18.8 Å². The van der Waals surface area contributed by atoms with Crippen LogP contribution in [0.5, 0.6) is 5.75 Å². The molecule has 0 saturated heterocycles.